The third-order valence-corrected chi connectivity index (χ3v) is 2.79. The van der Waals surface area contributed by atoms with Gasteiger partial charge < -0.3 is 11.1 Å². The molecule has 0 bridgehead atoms. The molecule has 1 aromatic rings. The van der Waals surface area contributed by atoms with Gasteiger partial charge in [-0.25, -0.2) is 0 Å². The highest BCUT2D eigenvalue weighted by Gasteiger charge is 2.20. The zero-order valence-electron chi connectivity index (χ0n) is 9.92. The van der Waals surface area contributed by atoms with Crippen molar-refractivity contribution >= 4 is 17.6 Å². The summed E-state index contributed by atoms with van der Waals surface area (Å²) in [5.74, 6) is 0.454. The van der Waals surface area contributed by atoms with Crippen molar-refractivity contribution in [1.82, 2.24) is 5.32 Å². The van der Waals surface area contributed by atoms with Crippen LogP contribution in [0.15, 0.2) is 29.3 Å². The van der Waals surface area contributed by atoms with Gasteiger partial charge in [-0.1, -0.05) is 37.6 Å². The van der Waals surface area contributed by atoms with Crippen molar-refractivity contribution in [3.05, 3.63) is 34.9 Å². The van der Waals surface area contributed by atoms with Crippen LogP contribution in [-0.2, 0) is 5.41 Å². The van der Waals surface area contributed by atoms with Gasteiger partial charge in [0.05, 0.1) is 0 Å². The van der Waals surface area contributed by atoms with E-state index in [1.165, 1.54) is 5.56 Å². The second kappa shape index (κ2) is 5.21. The summed E-state index contributed by atoms with van der Waals surface area (Å²) in [5.41, 5.74) is 6.74. The molecule has 88 valence electrons. The normalized spacial score (nSPS) is 12.6. The number of aliphatic imine (C=N–C) groups is 1. The molecule has 4 heteroatoms. The monoisotopic (exact) mass is 239 g/mol. The van der Waals surface area contributed by atoms with E-state index >= 15 is 0 Å². The van der Waals surface area contributed by atoms with Crippen molar-refractivity contribution in [1.29, 1.82) is 0 Å². The van der Waals surface area contributed by atoms with Gasteiger partial charge in [-0.05, 0) is 17.7 Å². The van der Waals surface area contributed by atoms with E-state index in [9.17, 15) is 0 Å². The van der Waals surface area contributed by atoms with Crippen LogP contribution in [0.2, 0.25) is 5.02 Å². The average molecular weight is 240 g/mol. The van der Waals surface area contributed by atoms with E-state index in [-0.39, 0.29) is 5.41 Å². The van der Waals surface area contributed by atoms with Crippen LogP contribution in [0.5, 0.6) is 0 Å². The Kier molecular flexibility index (Phi) is 4.19. The fourth-order valence-electron chi connectivity index (χ4n) is 1.40. The summed E-state index contributed by atoms with van der Waals surface area (Å²) < 4.78 is 0. The molecule has 0 unspecified atom stereocenters. The lowest BCUT2D eigenvalue weighted by Crippen LogP contribution is -2.40. The molecule has 16 heavy (non-hydrogen) atoms. The molecule has 0 aliphatic rings. The fourth-order valence-corrected chi connectivity index (χ4v) is 1.59. The van der Waals surface area contributed by atoms with E-state index < -0.39 is 0 Å². The highest BCUT2D eigenvalue weighted by molar-refractivity contribution is 6.30. The van der Waals surface area contributed by atoms with Crippen LogP contribution in [0, 0.1) is 0 Å². The number of benzene rings is 1. The molecule has 0 spiro atoms. The summed E-state index contributed by atoms with van der Waals surface area (Å²) in [6.45, 7) is 4.99. The maximum atomic E-state index is 5.97. The fraction of sp³-hybridized carbons (Fsp3) is 0.417. The van der Waals surface area contributed by atoms with Crippen molar-refractivity contribution in [2.45, 2.75) is 19.3 Å². The van der Waals surface area contributed by atoms with Gasteiger partial charge in [0.15, 0.2) is 5.96 Å². The molecule has 1 rings (SSSR count). The number of nitrogens with two attached hydrogens (primary N) is 1. The van der Waals surface area contributed by atoms with Crippen LogP contribution < -0.4 is 11.1 Å². The smallest absolute Gasteiger partial charge is 0.188 e. The average Bonchev–Trinajstić information content (AvgIpc) is 2.26. The van der Waals surface area contributed by atoms with E-state index in [2.05, 4.69) is 30.2 Å². The van der Waals surface area contributed by atoms with Crippen LogP contribution in [0.4, 0.5) is 0 Å². The van der Waals surface area contributed by atoms with E-state index in [0.29, 0.717) is 5.96 Å². The number of hydrogen-bond donors (Lipinski definition) is 2. The largest absolute Gasteiger partial charge is 0.370 e. The summed E-state index contributed by atoms with van der Waals surface area (Å²) in [6, 6.07) is 7.86. The lowest BCUT2D eigenvalue weighted by atomic mass is 9.85. The van der Waals surface area contributed by atoms with Crippen LogP contribution in [0.1, 0.15) is 19.4 Å². The van der Waals surface area contributed by atoms with Gasteiger partial charge in [0, 0.05) is 24.0 Å². The van der Waals surface area contributed by atoms with Gasteiger partial charge in [0.25, 0.3) is 0 Å². The summed E-state index contributed by atoms with van der Waals surface area (Å²) in [4.78, 5) is 3.86. The molecule has 0 atom stereocenters. The molecule has 0 heterocycles. The molecule has 3 N–H and O–H groups in total. The molecule has 0 radical (unpaired) electrons. The molecule has 0 saturated heterocycles. The lowest BCUT2D eigenvalue weighted by Gasteiger charge is -2.26. The highest BCUT2D eigenvalue weighted by Crippen LogP contribution is 2.24. The molecule has 0 saturated carbocycles. The second-order valence-electron chi connectivity index (χ2n) is 4.36. The molecular weight excluding hydrogens is 222 g/mol. The predicted octanol–water partition coefficient (Wildman–Crippen LogP) is 2.15. The topological polar surface area (TPSA) is 50.4 Å². The van der Waals surface area contributed by atoms with E-state index in [1.54, 1.807) is 7.05 Å². The van der Waals surface area contributed by atoms with Crippen molar-refractivity contribution in [3.63, 3.8) is 0 Å². The quantitative estimate of drug-likeness (QED) is 0.627. The Bertz CT molecular complexity index is 386. The summed E-state index contributed by atoms with van der Waals surface area (Å²) in [7, 11) is 1.66. The molecule has 0 aliphatic carbocycles. The van der Waals surface area contributed by atoms with Crippen LogP contribution in [0.25, 0.3) is 0 Å². The number of rotatable bonds is 3. The summed E-state index contributed by atoms with van der Waals surface area (Å²) in [6.07, 6.45) is 0. The number of guanidine groups is 1. The Morgan fingerprint density at radius 2 is 2.19 bits per heavy atom. The van der Waals surface area contributed by atoms with E-state index in [4.69, 9.17) is 17.3 Å². The number of halogens is 1. The third-order valence-electron chi connectivity index (χ3n) is 2.56. The molecule has 0 aromatic heterocycles. The Hall–Kier alpha value is -1.22. The van der Waals surface area contributed by atoms with E-state index in [0.717, 1.165) is 11.6 Å². The van der Waals surface area contributed by atoms with Gasteiger partial charge in [-0.3, -0.25) is 4.99 Å². The van der Waals surface area contributed by atoms with Gasteiger partial charge >= 0.3 is 0 Å². The summed E-state index contributed by atoms with van der Waals surface area (Å²) >= 11 is 5.97. The minimum Gasteiger partial charge on any atom is -0.370 e. The highest BCUT2D eigenvalue weighted by atomic mass is 35.5. The molecule has 1 aromatic carbocycles. The second-order valence-corrected chi connectivity index (χ2v) is 4.79. The van der Waals surface area contributed by atoms with Crippen molar-refractivity contribution < 1.29 is 0 Å². The first-order valence-electron chi connectivity index (χ1n) is 5.18. The van der Waals surface area contributed by atoms with Crippen molar-refractivity contribution in [2.24, 2.45) is 10.7 Å². The van der Waals surface area contributed by atoms with Crippen LogP contribution >= 0.6 is 11.6 Å². The SMILES string of the molecule is CN=C(N)NCC(C)(C)c1cccc(Cl)c1. The zero-order valence-corrected chi connectivity index (χ0v) is 10.7. The third kappa shape index (κ3) is 3.42. The maximum absolute atomic E-state index is 5.97. The van der Waals surface area contributed by atoms with Crippen LogP contribution in [0.3, 0.4) is 0 Å². The molecular formula is C12H18ClN3. The molecule has 0 amide bonds. The van der Waals surface area contributed by atoms with Gasteiger partial charge in [0.1, 0.15) is 0 Å². The number of nitrogens with zero attached hydrogens (tertiary/aromatic N) is 1. The first kappa shape index (κ1) is 12.8. The van der Waals surface area contributed by atoms with Gasteiger partial charge in [-0.15, -0.1) is 0 Å². The minimum atomic E-state index is -0.0415. The first-order valence-corrected chi connectivity index (χ1v) is 5.55. The minimum absolute atomic E-state index is 0.0415. The molecule has 0 aliphatic heterocycles. The Labute approximate surface area is 102 Å². The van der Waals surface area contributed by atoms with E-state index in [1.807, 2.05) is 18.2 Å². The van der Waals surface area contributed by atoms with Gasteiger partial charge in [0.2, 0.25) is 0 Å². The standard InChI is InChI=1S/C12H18ClN3/c1-12(2,8-16-11(14)15-3)9-5-4-6-10(13)7-9/h4-7H,8H2,1-3H3,(H3,14,15,16). The van der Waals surface area contributed by atoms with Crippen molar-refractivity contribution in [3.8, 4) is 0 Å². The molecule has 0 fully saturated rings. The van der Waals surface area contributed by atoms with Gasteiger partial charge in [-0.2, -0.15) is 0 Å². The van der Waals surface area contributed by atoms with Crippen molar-refractivity contribution in [2.75, 3.05) is 13.6 Å². The maximum Gasteiger partial charge on any atom is 0.188 e. The Balaban J connectivity index is 2.77. The molecule has 3 nitrogen and oxygen atoms in total. The number of hydrogen-bond acceptors (Lipinski definition) is 1. The Morgan fingerprint density at radius 1 is 1.50 bits per heavy atom. The first-order chi connectivity index (χ1) is 7.45. The zero-order chi connectivity index (χ0) is 12.2. The summed E-state index contributed by atoms with van der Waals surface area (Å²) in [5, 5.41) is 3.83. The number of nitrogens with one attached hydrogen (secondary N) is 1. The van der Waals surface area contributed by atoms with Crippen LogP contribution in [-0.4, -0.2) is 19.6 Å². The predicted molar refractivity (Wildman–Crippen MR) is 70.0 cm³/mol. The lowest BCUT2D eigenvalue weighted by molar-refractivity contribution is 0.512. The Morgan fingerprint density at radius 3 is 2.75 bits per heavy atom.